The summed E-state index contributed by atoms with van der Waals surface area (Å²) in [6.07, 6.45) is 9.82. The van der Waals surface area contributed by atoms with Gasteiger partial charge in [0.2, 0.25) is 0 Å². The first-order chi connectivity index (χ1) is 14.9. The summed E-state index contributed by atoms with van der Waals surface area (Å²) in [5, 5.41) is 14.9. The Balaban J connectivity index is 1.54. The monoisotopic (exact) mass is 486 g/mol. The summed E-state index contributed by atoms with van der Waals surface area (Å²) >= 11 is 3.46. The van der Waals surface area contributed by atoms with E-state index in [1.54, 1.807) is 10.6 Å². The second-order valence-corrected chi connectivity index (χ2v) is 11.1. The molecule has 2 aromatic rings. The quantitative estimate of drug-likeness (QED) is 0.539. The molecule has 0 unspecified atom stereocenters. The number of amides is 1. The molecule has 0 spiro atoms. The van der Waals surface area contributed by atoms with E-state index in [0.29, 0.717) is 35.2 Å². The standard InChI is InChI=1S/C25H31BrN2O3/c1-2-3-4-7-28-20-6-5-18(26)11-19(20)22(29)21(24(28)31)23(30)27-25-12-15-8-16(13-25)10-17(9-15)14-25/h5-6,11,15-17,29H,2-4,7-10,12-14H2,1H3,(H,27,30). The summed E-state index contributed by atoms with van der Waals surface area (Å²) in [6.45, 7) is 2.67. The van der Waals surface area contributed by atoms with E-state index in [2.05, 4.69) is 28.2 Å². The summed E-state index contributed by atoms with van der Waals surface area (Å²) < 4.78 is 2.48. The number of nitrogens with zero attached hydrogens (tertiary/aromatic N) is 1. The van der Waals surface area contributed by atoms with E-state index in [9.17, 15) is 14.7 Å². The highest BCUT2D eigenvalue weighted by Crippen LogP contribution is 2.55. The van der Waals surface area contributed by atoms with Crippen LogP contribution in [0.5, 0.6) is 5.75 Å². The number of fused-ring (bicyclic) bond motifs is 1. The molecule has 0 radical (unpaired) electrons. The fraction of sp³-hybridized carbons (Fsp3) is 0.600. The third kappa shape index (κ3) is 3.71. The predicted molar refractivity (Wildman–Crippen MR) is 125 cm³/mol. The Labute approximate surface area is 191 Å². The first kappa shape index (κ1) is 21.0. The van der Waals surface area contributed by atoms with Gasteiger partial charge in [-0.2, -0.15) is 0 Å². The van der Waals surface area contributed by atoms with Gasteiger partial charge in [0.25, 0.3) is 11.5 Å². The van der Waals surface area contributed by atoms with Crippen molar-refractivity contribution in [3.8, 4) is 5.75 Å². The molecule has 4 fully saturated rings. The number of rotatable bonds is 6. The minimum atomic E-state index is -0.407. The van der Waals surface area contributed by atoms with E-state index in [1.165, 1.54) is 19.3 Å². The topological polar surface area (TPSA) is 71.3 Å². The maximum Gasteiger partial charge on any atom is 0.267 e. The zero-order valence-electron chi connectivity index (χ0n) is 18.1. The number of carbonyl (C=O) groups excluding carboxylic acids is 1. The van der Waals surface area contributed by atoms with Crippen LogP contribution in [-0.2, 0) is 6.54 Å². The van der Waals surface area contributed by atoms with Crippen molar-refractivity contribution in [2.75, 3.05) is 0 Å². The van der Waals surface area contributed by atoms with Crippen LogP contribution in [0, 0.1) is 17.8 Å². The number of nitrogens with one attached hydrogen (secondary N) is 1. The Bertz CT molecular complexity index is 1060. The highest BCUT2D eigenvalue weighted by atomic mass is 79.9. The van der Waals surface area contributed by atoms with Gasteiger partial charge in [-0.15, -0.1) is 0 Å². The molecule has 6 rings (SSSR count). The summed E-state index contributed by atoms with van der Waals surface area (Å²) in [6, 6.07) is 5.50. The number of halogens is 1. The molecule has 0 atom stereocenters. The molecule has 1 aromatic carbocycles. The van der Waals surface area contributed by atoms with Crippen LogP contribution in [-0.4, -0.2) is 21.1 Å². The first-order valence-corrected chi connectivity index (χ1v) is 12.6. The number of aryl methyl sites for hydroxylation is 1. The lowest BCUT2D eigenvalue weighted by Crippen LogP contribution is -2.60. The summed E-state index contributed by atoms with van der Waals surface area (Å²) in [5.74, 6) is 1.47. The lowest BCUT2D eigenvalue weighted by Gasteiger charge is -2.56. The second kappa shape index (κ2) is 7.95. The Morgan fingerprint density at radius 1 is 1.16 bits per heavy atom. The van der Waals surface area contributed by atoms with E-state index in [1.807, 2.05) is 12.1 Å². The van der Waals surface area contributed by atoms with Crippen molar-refractivity contribution >= 4 is 32.7 Å². The van der Waals surface area contributed by atoms with Crippen molar-refractivity contribution < 1.29 is 9.90 Å². The number of hydrogen-bond donors (Lipinski definition) is 2. The molecular weight excluding hydrogens is 456 g/mol. The Morgan fingerprint density at radius 2 is 1.81 bits per heavy atom. The fourth-order valence-corrected chi connectivity index (χ4v) is 7.29. The molecular formula is C25H31BrN2O3. The molecule has 2 N–H and O–H groups in total. The summed E-state index contributed by atoms with van der Waals surface area (Å²) in [5.41, 5.74) is -0.0130. The lowest BCUT2D eigenvalue weighted by molar-refractivity contribution is -0.0167. The molecule has 0 saturated heterocycles. The van der Waals surface area contributed by atoms with Crippen LogP contribution in [0.2, 0.25) is 0 Å². The number of aromatic nitrogens is 1. The molecule has 31 heavy (non-hydrogen) atoms. The molecule has 4 saturated carbocycles. The van der Waals surface area contributed by atoms with E-state index in [4.69, 9.17) is 0 Å². The minimum absolute atomic E-state index is 0.0992. The van der Waals surface area contributed by atoms with Gasteiger partial charge in [0.1, 0.15) is 11.3 Å². The molecule has 6 heteroatoms. The fourth-order valence-electron chi connectivity index (χ4n) is 6.93. The Hall–Kier alpha value is -1.82. The van der Waals surface area contributed by atoms with Gasteiger partial charge in [0.15, 0.2) is 0 Å². The molecule has 5 nitrogen and oxygen atoms in total. The van der Waals surface area contributed by atoms with Gasteiger partial charge in [-0.1, -0.05) is 35.7 Å². The van der Waals surface area contributed by atoms with E-state index >= 15 is 0 Å². The second-order valence-electron chi connectivity index (χ2n) is 10.2. The Morgan fingerprint density at radius 3 is 2.42 bits per heavy atom. The average Bonchev–Trinajstić information content (AvgIpc) is 2.69. The van der Waals surface area contributed by atoms with Crippen molar-refractivity contribution in [1.82, 2.24) is 9.88 Å². The molecule has 4 bridgehead atoms. The van der Waals surface area contributed by atoms with Gasteiger partial charge in [-0.3, -0.25) is 9.59 Å². The number of carbonyl (C=O) groups is 1. The van der Waals surface area contributed by atoms with Crippen LogP contribution in [0.15, 0.2) is 27.5 Å². The smallest absolute Gasteiger partial charge is 0.267 e. The Kier molecular flexibility index (Phi) is 5.40. The van der Waals surface area contributed by atoms with E-state index < -0.39 is 5.91 Å². The van der Waals surface area contributed by atoms with Crippen molar-refractivity contribution in [3.63, 3.8) is 0 Å². The SMILES string of the molecule is CCCCCn1c(=O)c(C(=O)NC23CC4CC(CC(C4)C2)C3)c(O)c2cc(Br)ccc21. The van der Waals surface area contributed by atoms with Crippen molar-refractivity contribution in [3.05, 3.63) is 38.6 Å². The highest BCUT2D eigenvalue weighted by Gasteiger charge is 2.51. The van der Waals surface area contributed by atoms with Crippen LogP contribution in [0.1, 0.15) is 75.1 Å². The van der Waals surface area contributed by atoms with Crippen molar-refractivity contribution in [2.24, 2.45) is 17.8 Å². The van der Waals surface area contributed by atoms with Crippen LogP contribution in [0.25, 0.3) is 10.9 Å². The van der Waals surface area contributed by atoms with Crippen LogP contribution < -0.4 is 10.9 Å². The molecule has 1 heterocycles. The largest absolute Gasteiger partial charge is 0.506 e. The maximum atomic E-state index is 13.5. The number of pyridine rings is 1. The third-order valence-electron chi connectivity index (χ3n) is 7.83. The molecule has 4 aliphatic rings. The zero-order chi connectivity index (χ0) is 21.8. The van der Waals surface area contributed by atoms with Crippen LogP contribution >= 0.6 is 15.9 Å². The number of hydrogen-bond acceptors (Lipinski definition) is 3. The molecule has 0 aliphatic heterocycles. The van der Waals surface area contributed by atoms with Crippen LogP contribution in [0.3, 0.4) is 0 Å². The van der Waals surface area contributed by atoms with Crippen LogP contribution in [0.4, 0.5) is 0 Å². The maximum absolute atomic E-state index is 13.5. The predicted octanol–water partition coefficient (Wildman–Crippen LogP) is 5.36. The van der Waals surface area contributed by atoms with Gasteiger partial charge in [-0.05, 0) is 80.9 Å². The molecule has 166 valence electrons. The number of aromatic hydroxyl groups is 1. The third-order valence-corrected chi connectivity index (χ3v) is 8.32. The summed E-state index contributed by atoms with van der Waals surface area (Å²) in [4.78, 5) is 26.9. The van der Waals surface area contributed by atoms with Gasteiger partial charge < -0.3 is 15.0 Å². The van der Waals surface area contributed by atoms with Crippen molar-refractivity contribution in [2.45, 2.75) is 76.8 Å². The van der Waals surface area contributed by atoms with Gasteiger partial charge >= 0.3 is 0 Å². The molecule has 4 aliphatic carbocycles. The average molecular weight is 487 g/mol. The first-order valence-electron chi connectivity index (χ1n) is 11.8. The highest BCUT2D eigenvalue weighted by molar-refractivity contribution is 9.10. The molecule has 1 aromatic heterocycles. The van der Waals surface area contributed by atoms with E-state index in [0.717, 1.165) is 43.0 Å². The van der Waals surface area contributed by atoms with Gasteiger partial charge in [-0.25, -0.2) is 0 Å². The van der Waals surface area contributed by atoms with E-state index in [-0.39, 0.29) is 22.4 Å². The molecule has 1 amide bonds. The van der Waals surface area contributed by atoms with Crippen molar-refractivity contribution in [1.29, 1.82) is 0 Å². The minimum Gasteiger partial charge on any atom is -0.506 e. The number of benzene rings is 1. The lowest BCUT2D eigenvalue weighted by atomic mass is 9.53. The summed E-state index contributed by atoms with van der Waals surface area (Å²) in [7, 11) is 0. The normalized spacial score (nSPS) is 28.9. The van der Waals surface area contributed by atoms with Gasteiger partial charge in [0.05, 0.1) is 5.52 Å². The van der Waals surface area contributed by atoms with Gasteiger partial charge in [0, 0.05) is 21.9 Å². The zero-order valence-corrected chi connectivity index (χ0v) is 19.7. The number of unbranched alkanes of at least 4 members (excludes halogenated alkanes) is 2.